The van der Waals surface area contributed by atoms with Gasteiger partial charge in [-0.3, -0.25) is 4.79 Å². The summed E-state index contributed by atoms with van der Waals surface area (Å²) in [7, 11) is 3.67. The van der Waals surface area contributed by atoms with Gasteiger partial charge in [-0.2, -0.15) is 11.8 Å². The number of thioether (sulfide) groups is 1. The molecular formula is C15H19N3O2S. The van der Waals surface area contributed by atoms with Crippen molar-refractivity contribution in [3.05, 3.63) is 30.1 Å². The Hall–Kier alpha value is -1.53. The molecule has 1 aliphatic heterocycles. The van der Waals surface area contributed by atoms with Crippen molar-refractivity contribution in [3.63, 3.8) is 0 Å². The van der Waals surface area contributed by atoms with Gasteiger partial charge in [0.05, 0.1) is 17.6 Å². The van der Waals surface area contributed by atoms with E-state index in [1.165, 1.54) is 0 Å². The highest BCUT2D eigenvalue weighted by Crippen LogP contribution is 2.29. The molecule has 1 aromatic carbocycles. The van der Waals surface area contributed by atoms with E-state index in [1.807, 2.05) is 35.9 Å². The third-order valence-corrected chi connectivity index (χ3v) is 5.18. The topological polar surface area (TPSA) is 58.4 Å². The highest BCUT2D eigenvalue weighted by atomic mass is 32.2. The first kappa shape index (κ1) is 14.4. The lowest BCUT2D eigenvalue weighted by atomic mass is 10.0. The number of carbonyl (C=O) groups is 1. The summed E-state index contributed by atoms with van der Waals surface area (Å²) in [5.41, 5.74) is 0.763. The quantitative estimate of drug-likeness (QED) is 0.931. The minimum atomic E-state index is -1.20. The first-order valence-corrected chi connectivity index (χ1v) is 8.13. The fourth-order valence-electron chi connectivity index (χ4n) is 2.70. The van der Waals surface area contributed by atoms with E-state index in [0.717, 1.165) is 22.6 Å². The lowest BCUT2D eigenvalue weighted by Crippen LogP contribution is -2.47. The van der Waals surface area contributed by atoms with Crippen LogP contribution in [0.25, 0.3) is 11.0 Å². The molecule has 0 bridgehead atoms. The number of rotatable bonds is 3. The van der Waals surface area contributed by atoms with Gasteiger partial charge in [-0.15, -0.1) is 0 Å². The Morgan fingerprint density at radius 2 is 2.29 bits per heavy atom. The van der Waals surface area contributed by atoms with Crippen LogP contribution in [0.1, 0.15) is 12.2 Å². The normalized spacial score (nSPS) is 21.9. The molecule has 0 spiro atoms. The molecule has 2 aromatic rings. The maximum atomic E-state index is 12.4. The molecule has 0 aliphatic carbocycles. The van der Waals surface area contributed by atoms with Gasteiger partial charge < -0.3 is 14.6 Å². The lowest BCUT2D eigenvalue weighted by Gasteiger charge is -2.26. The van der Waals surface area contributed by atoms with Gasteiger partial charge in [-0.05, 0) is 24.3 Å². The molecular weight excluding hydrogens is 286 g/mol. The largest absolute Gasteiger partial charge is 0.379 e. The fourth-order valence-corrected chi connectivity index (χ4v) is 3.93. The SMILES string of the molecule is CN(Cc1nc2ccccc2n1C)C(=O)C1(O)CCSC1. The first-order valence-electron chi connectivity index (χ1n) is 6.97. The molecule has 0 saturated carbocycles. The van der Waals surface area contributed by atoms with Crippen LogP contribution in [-0.4, -0.2) is 49.6 Å². The maximum absolute atomic E-state index is 12.4. The number of aryl methyl sites for hydroxylation is 1. The van der Waals surface area contributed by atoms with Crippen LogP contribution >= 0.6 is 11.8 Å². The van der Waals surface area contributed by atoms with E-state index in [-0.39, 0.29) is 5.91 Å². The monoisotopic (exact) mass is 305 g/mol. The van der Waals surface area contributed by atoms with Gasteiger partial charge in [-0.25, -0.2) is 4.98 Å². The molecule has 6 heteroatoms. The number of para-hydroxylation sites is 2. The zero-order valence-corrected chi connectivity index (χ0v) is 13.1. The van der Waals surface area contributed by atoms with Crippen LogP contribution in [0.5, 0.6) is 0 Å². The zero-order valence-electron chi connectivity index (χ0n) is 12.2. The van der Waals surface area contributed by atoms with Gasteiger partial charge in [0.1, 0.15) is 5.82 Å². The van der Waals surface area contributed by atoms with Crippen LogP contribution in [-0.2, 0) is 18.4 Å². The smallest absolute Gasteiger partial charge is 0.255 e. The Labute approximate surface area is 128 Å². The number of aliphatic hydroxyl groups is 1. The van der Waals surface area contributed by atoms with E-state index in [2.05, 4.69) is 4.98 Å². The Balaban J connectivity index is 1.81. The standard InChI is InChI=1S/C15H19N3O2S/c1-17(14(19)15(20)7-8-21-10-15)9-13-16-11-5-3-4-6-12(11)18(13)2/h3-6,20H,7-10H2,1-2H3. The Morgan fingerprint density at radius 1 is 1.52 bits per heavy atom. The summed E-state index contributed by atoms with van der Waals surface area (Å²) in [6.45, 7) is 0.400. The molecule has 1 N–H and O–H groups in total. The van der Waals surface area contributed by atoms with E-state index in [9.17, 15) is 9.90 Å². The van der Waals surface area contributed by atoms with E-state index >= 15 is 0 Å². The molecule has 1 unspecified atom stereocenters. The van der Waals surface area contributed by atoms with Gasteiger partial charge in [-0.1, -0.05) is 12.1 Å². The van der Waals surface area contributed by atoms with Crippen LogP contribution in [0.3, 0.4) is 0 Å². The third-order valence-electron chi connectivity index (χ3n) is 4.00. The average Bonchev–Trinajstić information content (AvgIpc) is 3.05. The summed E-state index contributed by atoms with van der Waals surface area (Å²) in [5, 5.41) is 10.4. The molecule has 1 saturated heterocycles. The van der Waals surface area contributed by atoms with Crippen molar-refractivity contribution in [2.24, 2.45) is 7.05 Å². The number of imidazole rings is 1. The number of likely N-dealkylation sites (N-methyl/N-ethyl adjacent to an activating group) is 1. The van der Waals surface area contributed by atoms with Crippen molar-refractivity contribution in [2.45, 2.75) is 18.6 Å². The molecule has 1 amide bonds. The molecule has 1 atom stereocenters. The van der Waals surface area contributed by atoms with Crippen LogP contribution < -0.4 is 0 Å². The Kier molecular flexibility index (Phi) is 3.67. The van der Waals surface area contributed by atoms with Gasteiger partial charge in [0.2, 0.25) is 0 Å². The molecule has 112 valence electrons. The van der Waals surface area contributed by atoms with Crippen LogP contribution in [0.4, 0.5) is 0 Å². The van der Waals surface area contributed by atoms with Crippen molar-refractivity contribution in [1.82, 2.24) is 14.5 Å². The van der Waals surface area contributed by atoms with Gasteiger partial charge in [0.15, 0.2) is 5.60 Å². The summed E-state index contributed by atoms with van der Waals surface area (Å²) in [4.78, 5) is 18.6. The number of amides is 1. The zero-order chi connectivity index (χ0) is 15.0. The van der Waals surface area contributed by atoms with Crippen LogP contribution in [0.2, 0.25) is 0 Å². The Morgan fingerprint density at radius 3 is 2.95 bits per heavy atom. The highest BCUT2D eigenvalue weighted by molar-refractivity contribution is 7.99. The summed E-state index contributed by atoms with van der Waals surface area (Å²) in [5.74, 6) is 1.93. The fraction of sp³-hybridized carbons (Fsp3) is 0.467. The van der Waals surface area contributed by atoms with Crippen LogP contribution in [0, 0.1) is 0 Å². The Bertz CT molecular complexity index is 677. The molecule has 1 fully saturated rings. The van der Waals surface area contributed by atoms with Crippen molar-refractivity contribution in [1.29, 1.82) is 0 Å². The second-order valence-electron chi connectivity index (χ2n) is 5.57. The maximum Gasteiger partial charge on any atom is 0.255 e. The van der Waals surface area contributed by atoms with Crippen molar-refractivity contribution in [3.8, 4) is 0 Å². The number of nitrogens with zero attached hydrogens (tertiary/aromatic N) is 3. The molecule has 1 aromatic heterocycles. The molecule has 21 heavy (non-hydrogen) atoms. The van der Waals surface area contributed by atoms with Crippen molar-refractivity contribution >= 4 is 28.7 Å². The number of hydrogen-bond acceptors (Lipinski definition) is 4. The predicted octanol–water partition coefficient (Wildman–Crippen LogP) is 1.40. The number of carbonyl (C=O) groups excluding carboxylic acids is 1. The van der Waals surface area contributed by atoms with Crippen molar-refractivity contribution in [2.75, 3.05) is 18.6 Å². The number of benzene rings is 1. The summed E-state index contributed by atoms with van der Waals surface area (Å²) in [6, 6.07) is 7.89. The number of aromatic nitrogens is 2. The molecule has 5 nitrogen and oxygen atoms in total. The van der Waals surface area contributed by atoms with Gasteiger partial charge in [0, 0.05) is 19.8 Å². The van der Waals surface area contributed by atoms with E-state index < -0.39 is 5.60 Å². The summed E-state index contributed by atoms with van der Waals surface area (Å²) in [6.07, 6.45) is 0.531. The molecule has 1 aliphatic rings. The second kappa shape index (κ2) is 5.35. The van der Waals surface area contributed by atoms with Gasteiger partial charge >= 0.3 is 0 Å². The van der Waals surface area contributed by atoms with E-state index in [4.69, 9.17) is 0 Å². The average molecular weight is 305 g/mol. The highest BCUT2D eigenvalue weighted by Gasteiger charge is 2.41. The van der Waals surface area contributed by atoms with E-state index in [0.29, 0.717) is 18.7 Å². The van der Waals surface area contributed by atoms with Crippen molar-refractivity contribution < 1.29 is 9.90 Å². The summed E-state index contributed by atoms with van der Waals surface area (Å²) < 4.78 is 1.99. The third kappa shape index (κ3) is 2.53. The minimum Gasteiger partial charge on any atom is -0.379 e. The molecule has 0 radical (unpaired) electrons. The van der Waals surface area contributed by atoms with Gasteiger partial charge in [0.25, 0.3) is 5.91 Å². The predicted molar refractivity (Wildman–Crippen MR) is 84.1 cm³/mol. The summed E-state index contributed by atoms with van der Waals surface area (Å²) >= 11 is 1.62. The lowest BCUT2D eigenvalue weighted by molar-refractivity contribution is -0.148. The number of hydrogen-bond donors (Lipinski definition) is 1. The minimum absolute atomic E-state index is 0.209. The first-order chi connectivity index (χ1) is 10.0. The van der Waals surface area contributed by atoms with E-state index in [1.54, 1.807) is 23.7 Å². The molecule has 3 rings (SSSR count). The molecule has 2 heterocycles. The number of fused-ring (bicyclic) bond motifs is 1. The second-order valence-corrected chi connectivity index (χ2v) is 6.68. The van der Waals surface area contributed by atoms with Crippen LogP contribution in [0.15, 0.2) is 24.3 Å².